The third-order valence-corrected chi connectivity index (χ3v) is 4.45. The van der Waals surface area contributed by atoms with E-state index in [0.717, 1.165) is 6.07 Å². The van der Waals surface area contributed by atoms with Crippen LogP contribution in [0.2, 0.25) is 5.02 Å². The molecule has 2 aromatic heterocycles. The molecule has 2 aromatic carbocycles. The Hall–Kier alpha value is -3.26. The molecule has 0 spiro atoms. The second-order valence-electron chi connectivity index (χ2n) is 6.32. The van der Waals surface area contributed by atoms with Crippen molar-refractivity contribution in [3.63, 3.8) is 0 Å². The van der Waals surface area contributed by atoms with Gasteiger partial charge in [-0.05, 0) is 18.2 Å². The molecule has 4 aromatic rings. The minimum Gasteiger partial charge on any atom is -0.363 e. The Balaban J connectivity index is 1.81. The number of benzene rings is 2. The van der Waals surface area contributed by atoms with Gasteiger partial charge in [0.1, 0.15) is 23.0 Å². The Labute approximate surface area is 164 Å². The molecule has 142 valence electrons. The molecule has 0 radical (unpaired) electrons. The third-order valence-electron chi connectivity index (χ3n) is 4.12. The van der Waals surface area contributed by atoms with Gasteiger partial charge in [-0.2, -0.15) is 5.10 Å². The maximum absolute atomic E-state index is 13.9. The lowest BCUT2D eigenvalue weighted by Crippen LogP contribution is -2.12. The number of fused-ring (bicyclic) bond motifs is 1. The normalized spacial score (nSPS) is 11.0. The Bertz CT molecular complexity index is 1170. The quantitative estimate of drug-likeness (QED) is 0.517. The highest BCUT2D eigenvalue weighted by atomic mass is 35.5. The first-order valence-electron chi connectivity index (χ1n) is 8.34. The van der Waals surface area contributed by atoms with Gasteiger partial charge in [-0.25, -0.2) is 18.7 Å². The molecule has 28 heavy (non-hydrogen) atoms. The molecule has 2 N–H and O–H groups in total. The van der Waals surface area contributed by atoms with E-state index >= 15 is 0 Å². The van der Waals surface area contributed by atoms with Crippen LogP contribution in [-0.4, -0.2) is 34.3 Å². The summed E-state index contributed by atoms with van der Waals surface area (Å²) >= 11 is 6.28. The molecule has 4 rings (SSSR count). The Morgan fingerprint density at radius 3 is 2.61 bits per heavy atom. The molecular formula is C19H15ClF2N6. The van der Waals surface area contributed by atoms with Crippen molar-refractivity contribution in [2.24, 2.45) is 0 Å². The summed E-state index contributed by atoms with van der Waals surface area (Å²) in [5.41, 5.74) is 0.775. The summed E-state index contributed by atoms with van der Waals surface area (Å²) in [6.45, 7) is 0. The third kappa shape index (κ3) is 3.34. The van der Waals surface area contributed by atoms with E-state index in [1.807, 2.05) is 37.2 Å². The summed E-state index contributed by atoms with van der Waals surface area (Å²) in [5.74, 6) is 0.293. The largest absolute Gasteiger partial charge is 0.363 e. The zero-order valence-electron chi connectivity index (χ0n) is 15.0. The number of rotatable bonds is 4. The molecule has 0 aliphatic carbocycles. The molecule has 0 bridgehead atoms. The summed E-state index contributed by atoms with van der Waals surface area (Å²) in [6.07, 6.45) is 0. The zero-order valence-corrected chi connectivity index (χ0v) is 15.7. The monoisotopic (exact) mass is 400 g/mol. The number of hydrogen-bond acceptors (Lipinski definition) is 5. The van der Waals surface area contributed by atoms with E-state index < -0.39 is 11.6 Å². The second-order valence-corrected chi connectivity index (χ2v) is 6.72. The molecule has 2 heterocycles. The van der Waals surface area contributed by atoms with Gasteiger partial charge in [-0.3, -0.25) is 5.10 Å². The van der Waals surface area contributed by atoms with Crippen LogP contribution in [0.3, 0.4) is 0 Å². The Morgan fingerprint density at radius 2 is 1.86 bits per heavy atom. The average molecular weight is 401 g/mol. The van der Waals surface area contributed by atoms with Gasteiger partial charge in [-0.1, -0.05) is 23.7 Å². The molecule has 0 saturated heterocycles. The summed E-state index contributed by atoms with van der Waals surface area (Å²) in [5, 5.41) is 10.4. The fourth-order valence-electron chi connectivity index (χ4n) is 2.75. The van der Waals surface area contributed by atoms with Gasteiger partial charge < -0.3 is 10.2 Å². The van der Waals surface area contributed by atoms with Crippen LogP contribution in [0.25, 0.3) is 22.3 Å². The standard InChI is InChI=1S/C19H15ClF2N6/c1-28(2)16-9-15(23-18(25-16)11-5-3-4-6-13(11)20)24-19-12-7-10(21)8-14(22)17(12)26-27-19/h3-9H,1-2H3,(H2,23,24,25,26,27). The number of hydrogen-bond donors (Lipinski definition) is 2. The van der Waals surface area contributed by atoms with Crippen LogP contribution in [0, 0.1) is 11.6 Å². The van der Waals surface area contributed by atoms with Crippen LogP contribution in [0.4, 0.5) is 26.2 Å². The predicted molar refractivity (Wildman–Crippen MR) is 106 cm³/mol. The van der Waals surface area contributed by atoms with Crippen molar-refractivity contribution in [3.05, 3.63) is 59.1 Å². The summed E-state index contributed by atoms with van der Waals surface area (Å²) in [4.78, 5) is 10.8. The second kappa shape index (κ2) is 7.05. The van der Waals surface area contributed by atoms with Crippen LogP contribution in [-0.2, 0) is 0 Å². The minimum absolute atomic E-state index is 0.108. The molecule has 0 unspecified atom stereocenters. The van der Waals surface area contributed by atoms with Crippen LogP contribution in [0.15, 0.2) is 42.5 Å². The predicted octanol–water partition coefficient (Wildman–Crippen LogP) is 4.76. The van der Waals surface area contributed by atoms with Gasteiger partial charge in [0, 0.05) is 31.8 Å². The summed E-state index contributed by atoms with van der Waals surface area (Å²) < 4.78 is 27.6. The van der Waals surface area contributed by atoms with Crippen molar-refractivity contribution in [2.75, 3.05) is 24.3 Å². The first-order chi connectivity index (χ1) is 13.4. The van der Waals surface area contributed by atoms with Gasteiger partial charge in [0.15, 0.2) is 17.5 Å². The maximum Gasteiger partial charge on any atom is 0.165 e. The van der Waals surface area contributed by atoms with Gasteiger partial charge in [0.25, 0.3) is 0 Å². The number of H-pyrrole nitrogens is 1. The zero-order chi connectivity index (χ0) is 19.8. The highest BCUT2D eigenvalue weighted by Gasteiger charge is 2.15. The van der Waals surface area contributed by atoms with Crippen molar-refractivity contribution >= 4 is 40.0 Å². The molecule has 0 aliphatic rings. The van der Waals surface area contributed by atoms with E-state index in [0.29, 0.717) is 28.0 Å². The van der Waals surface area contributed by atoms with Gasteiger partial charge in [-0.15, -0.1) is 0 Å². The number of aromatic nitrogens is 4. The lowest BCUT2D eigenvalue weighted by Gasteiger charge is -2.15. The molecular weight excluding hydrogens is 386 g/mol. The molecule has 0 fully saturated rings. The number of aromatic amines is 1. The van der Waals surface area contributed by atoms with Crippen molar-refractivity contribution in [2.45, 2.75) is 0 Å². The Morgan fingerprint density at radius 1 is 1.07 bits per heavy atom. The summed E-state index contributed by atoms with van der Waals surface area (Å²) in [7, 11) is 3.69. The van der Waals surface area contributed by atoms with Crippen LogP contribution in [0.1, 0.15) is 0 Å². The highest BCUT2D eigenvalue weighted by Crippen LogP contribution is 2.30. The molecule has 9 heteroatoms. The van der Waals surface area contributed by atoms with E-state index in [9.17, 15) is 8.78 Å². The first kappa shape index (κ1) is 18.1. The fraction of sp³-hybridized carbons (Fsp3) is 0.105. The van der Waals surface area contributed by atoms with Crippen LogP contribution < -0.4 is 10.2 Å². The summed E-state index contributed by atoms with van der Waals surface area (Å²) in [6, 6.07) is 10.9. The fourth-order valence-corrected chi connectivity index (χ4v) is 2.97. The maximum atomic E-state index is 13.9. The van der Waals surface area contributed by atoms with Gasteiger partial charge in [0.05, 0.1) is 10.4 Å². The molecule has 0 atom stereocenters. The Kier molecular flexibility index (Phi) is 4.56. The smallest absolute Gasteiger partial charge is 0.165 e. The van der Waals surface area contributed by atoms with Crippen molar-refractivity contribution in [1.82, 2.24) is 20.2 Å². The lowest BCUT2D eigenvalue weighted by molar-refractivity contribution is 0.590. The van der Waals surface area contributed by atoms with Crippen LogP contribution >= 0.6 is 11.6 Å². The van der Waals surface area contributed by atoms with Gasteiger partial charge >= 0.3 is 0 Å². The van der Waals surface area contributed by atoms with Gasteiger partial charge in [0.2, 0.25) is 0 Å². The van der Waals surface area contributed by atoms with Crippen molar-refractivity contribution < 1.29 is 8.78 Å². The topological polar surface area (TPSA) is 69.7 Å². The lowest BCUT2D eigenvalue weighted by atomic mass is 10.2. The molecule has 0 saturated carbocycles. The van der Waals surface area contributed by atoms with E-state index in [1.165, 1.54) is 6.07 Å². The number of halogens is 3. The number of anilines is 3. The first-order valence-corrected chi connectivity index (χ1v) is 8.71. The minimum atomic E-state index is -0.719. The van der Waals surface area contributed by atoms with E-state index in [1.54, 1.807) is 12.1 Å². The van der Waals surface area contributed by atoms with Crippen molar-refractivity contribution in [3.8, 4) is 11.4 Å². The van der Waals surface area contributed by atoms with Crippen LogP contribution in [0.5, 0.6) is 0 Å². The van der Waals surface area contributed by atoms with E-state index in [-0.39, 0.29) is 16.7 Å². The average Bonchev–Trinajstić information content (AvgIpc) is 3.04. The number of nitrogens with zero attached hydrogens (tertiary/aromatic N) is 4. The molecule has 0 aliphatic heterocycles. The van der Waals surface area contributed by atoms with Crippen molar-refractivity contribution in [1.29, 1.82) is 0 Å². The van der Waals surface area contributed by atoms with E-state index in [2.05, 4.69) is 25.5 Å². The SMILES string of the molecule is CN(C)c1cc(Nc2n[nH]c3c(F)cc(F)cc23)nc(-c2ccccc2Cl)n1. The molecule has 0 amide bonds. The van der Waals surface area contributed by atoms with E-state index in [4.69, 9.17) is 11.6 Å². The highest BCUT2D eigenvalue weighted by molar-refractivity contribution is 6.33. The molecule has 6 nitrogen and oxygen atoms in total. The number of nitrogens with one attached hydrogen (secondary N) is 2.